The van der Waals surface area contributed by atoms with Crippen molar-refractivity contribution in [3.63, 3.8) is 0 Å². The fraction of sp³-hybridized carbons (Fsp3) is 0.300. The van der Waals surface area contributed by atoms with Crippen molar-refractivity contribution in [1.82, 2.24) is 0 Å². The van der Waals surface area contributed by atoms with E-state index in [0.29, 0.717) is 4.90 Å². The summed E-state index contributed by atoms with van der Waals surface area (Å²) >= 11 is 4.73. The lowest BCUT2D eigenvalue weighted by Gasteiger charge is -2.19. The molecule has 4 heteroatoms. The summed E-state index contributed by atoms with van der Waals surface area (Å²) in [5.41, 5.74) is 0. The van der Waals surface area contributed by atoms with E-state index in [1.807, 2.05) is 0 Å². The van der Waals surface area contributed by atoms with Gasteiger partial charge in [0.15, 0.2) is 9.84 Å². The second kappa shape index (κ2) is 3.79. The van der Waals surface area contributed by atoms with Crippen LogP contribution in [-0.4, -0.2) is 18.5 Å². The van der Waals surface area contributed by atoms with Gasteiger partial charge in [-0.2, -0.15) is 0 Å². The first kappa shape index (κ1) is 11.3. The van der Waals surface area contributed by atoms with Crippen molar-refractivity contribution in [2.45, 2.75) is 23.5 Å². The minimum Gasteiger partial charge on any atom is -0.223 e. The van der Waals surface area contributed by atoms with Gasteiger partial charge in [-0.05, 0) is 26.0 Å². The standard InChI is InChI=1S/C10H12O2S2/c1-10(2,8-13)14(11,12)9-6-4-3-5-7-9/h3-8H,1-2H3. The van der Waals surface area contributed by atoms with E-state index in [0.717, 1.165) is 0 Å². The predicted octanol–water partition coefficient (Wildman–Crippen LogP) is 2.24. The first-order valence-corrected chi connectivity index (χ1v) is 6.13. The quantitative estimate of drug-likeness (QED) is 0.744. The van der Waals surface area contributed by atoms with Crippen molar-refractivity contribution in [2.75, 3.05) is 0 Å². The second-order valence-electron chi connectivity index (χ2n) is 3.54. The highest BCUT2D eigenvalue weighted by atomic mass is 32.2. The van der Waals surface area contributed by atoms with Crippen LogP contribution in [0.2, 0.25) is 0 Å². The molecule has 0 spiro atoms. The molecule has 0 N–H and O–H groups in total. The van der Waals surface area contributed by atoms with Gasteiger partial charge >= 0.3 is 0 Å². The van der Waals surface area contributed by atoms with E-state index >= 15 is 0 Å². The molecule has 76 valence electrons. The van der Waals surface area contributed by atoms with E-state index in [1.54, 1.807) is 44.2 Å². The van der Waals surface area contributed by atoms with Crippen LogP contribution < -0.4 is 0 Å². The van der Waals surface area contributed by atoms with Gasteiger partial charge < -0.3 is 0 Å². The summed E-state index contributed by atoms with van der Waals surface area (Å²) in [5, 5.41) is 1.29. The Balaban J connectivity index is 3.30. The lowest BCUT2D eigenvalue weighted by Crippen LogP contribution is -2.32. The predicted molar refractivity (Wildman–Crippen MR) is 61.4 cm³/mol. The van der Waals surface area contributed by atoms with Gasteiger partial charge in [-0.3, -0.25) is 0 Å². The van der Waals surface area contributed by atoms with Crippen molar-refractivity contribution in [3.05, 3.63) is 30.3 Å². The largest absolute Gasteiger partial charge is 0.223 e. The first-order valence-electron chi connectivity index (χ1n) is 4.18. The van der Waals surface area contributed by atoms with Gasteiger partial charge in [-0.15, -0.1) is 0 Å². The Morgan fingerprint density at radius 3 is 2.14 bits per heavy atom. The normalized spacial score (nSPS) is 12.4. The monoisotopic (exact) mass is 228 g/mol. The Morgan fingerprint density at radius 1 is 1.21 bits per heavy atom. The summed E-state index contributed by atoms with van der Waals surface area (Å²) in [7, 11) is -3.35. The Labute approximate surface area is 89.9 Å². The Hall–Kier alpha value is -0.740. The lowest BCUT2D eigenvalue weighted by atomic mass is 10.3. The van der Waals surface area contributed by atoms with Gasteiger partial charge in [-0.1, -0.05) is 30.4 Å². The van der Waals surface area contributed by atoms with Crippen LogP contribution in [0.1, 0.15) is 13.8 Å². The van der Waals surface area contributed by atoms with Gasteiger partial charge in [0.1, 0.15) is 0 Å². The number of thiocarbonyl (C=S) groups is 1. The van der Waals surface area contributed by atoms with Gasteiger partial charge in [0, 0.05) is 5.37 Å². The number of sulfone groups is 1. The maximum Gasteiger partial charge on any atom is 0.187 e. The van der Waals surface area contributed by atoms with Crippen molar-refractivity contribution in [2.24, 2.45) is 0 Å². The molecule has 0 heterocycles. The molecule has 0 aromatic heterocycles. The fourth-order valence-electron chi connectivity index (χ4n) is 0.967. The zero-order valence-electron chi connectivity index (χ0n) is 8.10. The van der Waals surface area contributed by atoms with Gasteiger partial charge in [0.05, 0.1) is 9.64 Å². The molecule has 14 heavy (non-hydrogen) atoms. The van der Waals surface area contributed by atoms with Crippen molar-refractivity contribution >= 4 is 27.4 Å². The third-order valence-electron chi connectivity index (χ3n) is 2.03. The fourth-order valence-corrected chi connectivity index (χ4v) is 2.60. The molecule has 0 amide bonds. The molecule has 1 aromatic carbocycles. The summed E-state index contributed by atoms with van der Waals surface area (Å²) in [6.07, 6.45) is 0. The Bertz CT molecular complexity index is 419. The molecular weight excluding hydrogens is 216 g/mol. The highest BCUT2D eigenvalue weighted by Crippen LogP contribution is 2.23. The summed E-state index contributed by atoms with van der Waals surface area (Å²) in [6, 6.07) is 8.34. The van der Waals surface area contributed by atoms with Gasteiger partial charge in [0.25, 0.3) is 0 Å². The van der Waals surface area contributed by atoms with Crippen LogP contribution in [0, 0.1) is 0 Å². The molecule has 0 aliphatic carbocycles. The molecule has 2 nitrogen and oxygen atoms in total. The molecule has 0 atom stereocenters. The van der Waals surface area contributed by atoms with Gasteiger partial charge in [0.2, 0.25) is 0 Å². The Morgan fingerprint density at radius 2 is 1.71 bits per heavy atom. The van der Waals surface area contributed by atoms with E-state index in [1.165, 1.54) is 5.37 Å². The summed E-state index contributed by atoms with van der Waals surface area (Å²) in [6.45, 7) is 3.20. The number of benzene rings is 1. The van der Waals surface area contributed by atoms with E-state index in [4.69, 9.17) is 12.2 Å². The number of hydrogen-bond donors (Lipinski definition) is 0. The lowest BCUT2D eigenvalue weighted by molar-refractivity contribution is 0.579. The topological polar surface area (TPSA) is 34.1 Å². The summed E-state index contributed by atoms with van der Waals surface area (Å²) in [5.74, 6) is 0. The zero-order valence-corrected chi connectivity index (χ0v) is 9.73. The molecule has 1 aromatic rings. The van der Waals surface area contributed by atoms with Crippen molar-refractivity contribution < 1.29 is 8.42 Å². The molecule has 0 saturated heterocycles. The molecule has 0 fully saturated rings. The highest BCUT2D eigenvalue weighted by molar-refractivity contribution is 7.95. The molecule has 0 saturated carbocycles. The highest BCUT2D eigenvalue weighted by Gasteiger charge is 2.33. The van der Waals surface area contributed by atoms with Crippen LogP contribution in [0.15, 0.2) is 35.2 Å². The second-order valence-corrected chi connectivity index (χ2v) is 6.30. The first-order chi connectivity index (χ1) is 6.42. The minimum atomic E-state index is -3.35. The van der Waals surface area contributed by atoms with Crippen LogP contribution in [0.5, 0.6) is 0 Å². The molecule has 0 aliphatic heterocycles. The molecule has 0 bridgehead atoms. The van der Waals surface area contributed by atoms with Crippen LogP contribution in [-0.2, 0) is 9.84 Å². The summed E-state index contributed by atoms with van der Waals surface area (Å²) in [4.78, 5) is 0.311. The van der Waals surface area contributed by atoms with Gasteiger partial charge in [-0.25, -0.2) is 8.42 Å². The average Bonchev–Trinajstić information content (AvgIpc) is 2.19. The van der Waals surface area contributed by atoms with Crippen LogP contribution in [0.3, 0.4) is 0 Å². The van der Waals surface area contributed by atoms with E-state index < -0.39 is 14.6 Å². The average molecular weight is 228 g/mol. The molecule has 0 radical (unpaired) electrons. The smallest absolute Gasteiger partial charge is 0.187 e. The van der Waals surface area contributed by atoms with E-state index in [-0.39, 0.29) is 0 Å². The van der Waals surface area contributed by atoms with Crippen molar-refractivity contribution in [1.29, 1.82) is 0 Å². The molecule has 0 unspecified atom stereocenters. The summed E-state index contributed by atoms with van der Waals surface area (Å²) < 4.78 is 23.0. The maximum absolute atomic E-state index is 12.0. The van der Waals surface area contributed by atoms with E-state index in [2.05, 4.69) is 0 Å². The SMILES string of the molecule is CC(C)(C=S)S(=O)(=O)c1ccccc1. The molecule has 1 rings (SSSR count). The maximum atomic E-state index is 12.0. The Kier molecular flexibility index (Phi) is 3.07. The van der Waals surface area contributed by atoms with Crippen LogP contribution in [0.4, 0.5) is 0 Å². The number of rotatable bonds is 3. The van der Waals surface area contributed by atoms with Crippen LogP contribution >= 0.6 is 12.2 Å². The zero-order chi connectivity index (χ0) is 10.8. The third kappa shape index (κ3) is 1.86. The van der Waals surface area contributed by atoms with Crippen molar-refractivity contribution in [3.8, 4) is 0 Å². The van der Waals surface area contributed by atoms with Crippen LogP contribution in [0.25, 0.3) is 0 Å². The molecule has 0 aliphatic rings. The number of hydrogen-bond acceptors (Lipinski definition) is 3. The third-order valence-corrected chi connectivity index (χ3v) is 5.16. The molecular formula is C10H12O2S2. The minimum absolute atomic E-state index is 0.311. The van der Waals surface area contributed by atoms with E-state index in [9.17, 15) is 8.42 Å².